The summed E-state index contributed by atoms with van der Waals surface area (Å²) in [5.74, 6) is 1.86. The first-order valence-corrected chi connectivity index (χ1v) is 33.7. The van der Waals surface area contributed by atoms with E-state index in [9.17, 15) is 0 Å². The second-order valence-electron chi connectivity index (χ2n) is 25.1. The zero-order chi connectivity index (χ0) is 81.7. The summed E-state index contributed by atoms with van der Waals surface area (Å²) in [7, 11) is 0. The van der Waals surface area contributed by atoms with Crippen LogP contribution in [0.25, 0.3) is 27.9 Å². The average molecular weight is 1580 g/mol. The largest absolute Gasteiger partial charge is 0.398 e. The van der Waals surface area contributed by atoms with Crippen LogP contribution in [0.3, 0.4) is 0 Å². The molecule has 0 amide bonds. The molecule has 575 valence electrons. The van der Waals surface area contributed by atoms with Gasteiger partial charge in [-0.05, 0) is 278 Å². The van der Waals surface area contributed by atoms with Gasteiger partial charge in [0.15, 0.2) is 0 Å². The maximum absolute atomic E-state index is 8.14. The third-order valence-electron chi connectivity index (χ3n) is 12.6. The Morgan fingerprint density at radius 3 is 0.952 bits per heavy atom. The Balaban J connectivity index is -0.000000140. The number of para-hydroxylation sites is 1. The lowest BCUT2D eigenvalue weighted by Gasteiger charge is -2.10. The average Bonchev–Trinajstić information content (AvgIpc) is 1.71. The molecule has 0 aliphatic rings. The number of nitrogen functional groups attached to an aromatic ring is 4. The van der Waals surface area contributed by atoms with Gasteiger partial charge in [-0.2, -0.15) is 67.7 Å². The topological polar surface area (TPSA) is 413 Å². The lowest BCUT2D eigenvalue weighted by molar-refractivity contribution is -0.193. The Hall–Kier alpha value is -9.78. The first-order valence-electron chi connectivity index (χ1n) is 32.6. The number of nitrogens with one attached hydrogen (secondary N) is 2. The van der Waals surface area contributed by atoms with Crippen molar-refractivity contribution >= 4 is 131 Å². The van der Waals surface area contributed by atoms with Gasteiger partial charge in [0, 0.05) is 58.2 Å². The second kappa shape index (κ2) is 69.9. The summed E-state index contributed by atoms with van der Waals surface area (Å²) in [6.07, 6.45) is 11.9. The normalized spacial score (nSPS) is 8.96. The van der Waals surface area contributed by atoms with Crippen LogP contribution in [-0.4, -0.2) is 83.5 Å². The fourth-order valence-corrected chi connectivity index (χ4v) is 9.47. The van der Waals surface area contributed by atoms with Gasteiger partial charge in [-0.15, -0.1) is 19.0 Å². The standard InChI is InChI=1S/C12H16N2.C12H19N.C12H17N.C11H15N3.C8H10IN.C8H11N.C4H10O.C4H8.C3H8.6CO2.B.ClH/c1-8(2)4-10-5-9(3)12-11(6-10)7-13-14-12;2*1-8(2)5-11-6-9(3)12(13)10(4)7-11;1-7-3-9(4-8(2)12)5-10-6-13-14-11(7)10;1-5-3-7(9)4-6(2)8(5)10;1-6-4-3-5-7(2)8(6)9;1-4(2)3-5;1-4(2)3;1-3-2;6*2-1-3;;/h5-8H,4H2,1-3H3,(H,13,14);6-8H,5,13H2,1-4H3;5-7H,13H2,1-4H3;3,5-6,8H,4,12H2,1-2H3,(H,13,14);3-4H,10H2,1-2H3;3-5H,9H2,1-2H3;4-5H,3H2,1-2H3;1H2,2-3H3;3H2,1-2H3;;;;;;;;1H/t;;;8-;;;;;;;;;;;;;/m...0............./s1. The Labute approximate surface area is 644 Å². The van der Waals surface area contributed by atoms with E-state index in [0.717, 1.165) is 75.3 Å². The number of hydrogen-bond acceptors (Lipinski definition) is 20. The number of allylic oxidation sites excluding steroid dienone is 2. The summed E-state index contributed by atoms with van der Waals surface area (Å²) in [5.41, 5.74) is 54.6. The molecule has 0 saturated carbocycles. The van der Waals surface area contributed by atoms with Gasteiger partial charge in [0.1, 0.15) is 0 Å². The number of nitrogens with zero attached hydrogens (tertiary/aromatic N) is 2. The van der Waals surface area contributed by atoms with Crippen LogP contribution in [-0.2, 0) is 76.8 Å². The maximum Gasteiger partial charge on any atom is 0.373 e. The highest BCUT2D eigenvalue weighted by Crippen LogP contribution is 2.24. The highest BCUT2D eigenvalue weighted by atomic mass is 127. The van der Waals surface area contributed by atoms with Gasteiger partial charge in [-0.3, -0.25) is 10.2 Å². The lowest BCUT2D eigenvalue weighted by atomic mass is 9.98. The van der Waals surface area contributed by atoms with Gasteiger partial charge in [-0.1, -0.05) is 121 Å². The summed E-state index contributed by atoms with van der Waals surface area (Å²) < 4.78 is 1.25. The molecular formula is C80H115BClIN9O13. The number of hydrogen-bond donors (Lipinski definition) is 8. The van der Waals surface area contributed by atoms with Crippen molar-refractivity contribution in [3.8, 4) is 0 Å². The number of anilines is 4. The van der Waals surface area contributed by atoms with Crippen molar-refractivity contribution in [2.45, 2.75) is 191 Å². The fourth-order valence-electron chi connectivity index (χ4n) is 8.53. The zero-order valence-electron chi connectivity index (χ0n) is 65.8. The van der Waals surface area contributed by atoms with Crippen LogP contribution in [0.1, 0.15) is 174 Å². The molecule has 6 aromatic carbocycles. The minimum atomic E-state index is 0. The van der Waals surface area contributed by atoms with Crippen molar-refractivity contribution in [3.05, 3.63) is 190 Å². The third-order valence-corrected chi connectivity index (χ3v) is 13.3. The highest BCUT2D eigenvalue weighted by molar-refractivity contribution is 14.1. The fraction of sp³-hybridized carbons (Fsp3) is 0.400. The number of fused-ring (bicyclic) bond motifs is 2. The summed E-state index contributed by atoms with van der Waals surface area (Å²) in [4.78, 5) is 97.5. The van der Waals surface area contributed by atoms with Gasteiger partial charge < -0.3 is 33.8 Å². The Morgan fingerprint density at radius 1 is 0.467 bits per heavy atom. The molecule has 0 spiro atoms. The van der Waals surface area contributed by atoms with E-state index in [-0.39, 0.29) is 63.8 Å². The van der Waals surface area contributed by atoms with Gasteiger partial charge in [0.25, 0.3) is 0 Å². The molecule has 22 nitrogen and oxygen atoms in total. The molecule has 13 N–H and O–H groups in total. The van der Waals surface area contributed by atoms with Crippen molar-refractivity contribution in [1.82, 2.24) is 20.4 Å². The molecule has 0 fully saturated rings. The minimum Gasteiger partial charge on any atom is -0.398 e. The number of aromatic amines is 2. The Kier molecular flexibility index (Phi) is 75.7. The number of rotatable bonds is 8. The molecule has 0 unspecified atom stereocenters. The van der Waals surface area contributed by atoms with Crippen LogP contribution >= 0.6 is 35.0 Å². The molecule has 3 radical (unpaired) electrons. The lowest BCUT2D eigenvalue weighted by Crippen LogP contribution is -2.17. The van der Waals surface area contributed by atoms with Crippen molar-refractivity contribution in [3.63, 3.8) is 0 Å². The van der Waals surface area contributed by atoms with Crippen molar-refractivity contribution < 1.29 is 62.6 Å². The van der Waals surface area contributed by atoms with Crippen LogP contribution in [0.4, 0.5) is 22.7 Å². The van der Waals surface area contributed by atoms with Crippen LogP contribution in [0.15, 0.2) is 109 Å². The van der Waals surface area contributed by atoms with E-state index < -0.39 is 0 Å². The van der Waals surface area contributed by atoms with Gasteiger partial charge in [0.2, 0.25) is 0 Å². The summed E-state index contributed by atoms with van der Waals surface area (Å²) in [6, 6.07) is 27.9. The molecule has 2 aromatic heterocycles. The van der Waals surface area contributed by atoms with E-state index in [0.29, 0.717) is 24.4 Å². The number of H-pyrrole nitrogens is 2. The molecule has 0 aliphatic heterocycles. The molecule has 2 heterocycles. The molecule has 8 rings (SSSR count). The first-order chi connectivity index (χ1) is 48.1. The van der Waals surface area contributed by atoms with E-state index in [4.69, 9.17) is 91.3 Å². The number of aliphatic hydroxyl groups is 1. The number of aliphatic hydroxyl groups excluding tert-OH is 1. The van der Waals surface area contributed by atoms with E-state index >= 15 is 0 Å². The van der Waals surface area contributed by atoms with Crippen LogP contribution in [0, 0.1) is 90.6 Å². The van der Waals surface area contributed by atoms with E-state index in [2.05, 4.69) is 199 Å². The molecule has 1 atom stereocenters. The predicted molar refractivity (Wildman–Crippen MR) is 431 cm³/mol. The predicted octanol–water partition coefficient (Wildman–Crippen LogP) is 15.8. The van der Waals surface area contributed by atoms with Crippen molar-refractivity contribution in [2.75, 3.05) is 29.5 Å². The monoisotopic (exact) mass is 1580 g/mol. The number of aryl methyl sites for hydroxylation is 10. The molecule has 0 aliphatic carbocycles. The molecule has 0 bridgehead atoms. The number of benzene rings is 6. The van der Waals surface area contributed by atoms with Gasteiger partial charge in [0.05, 0.1) is 23.4 Å². The number of carbonyl (C=O) groups excluding carboxylic acids is 12. The second-order valence-corrected chi connectivity index (χ2v) is 26.3. The van der Waals surface area contributed by atoms with Crippen LogP contribution in [0.5, 0.6) is 0 Å². The zero-order valence-corrected chi connectivity index (χ0v) is 68.8. The summed E-state index contributed by atoms with van der Waals surface area (Å²) in [5, 5.41) is 24.6. The molecular weight excluding hydrogens is 1470 g/mol. The summed E-state index contributed by atoms with van der Waals surface area (Å²) in [6.45, 7) is 51.7. The summed E-state index contributed by atoms with van der Waals surface area (Å²) >= 11 is 2.29. The maximum atomic E-state index is 8.14. The highest BCUT2D eigenvalue weighted by Gasteiger charge is 2.07. The van der Waals surface area contributed by atoms with E-state index in [1.807, 2.05) is 107 Å². The molecule has 105 heavy (non-hydrogen) atoms. The third kappa shape index (κ3) is 61.4. The minimum absolute atomic E-state index is 0. The van der Waals surface area contributed by atoms with E-state index in [1.54, 1.807) is 0 Å². The van der Waals surface area contributed by atoms with E-state index in [1.165, 1.54) is 87.5 Å². The first kappa shape index (κ1) is 114. The Bertz CT molecular complexity index is 3670. The molecule has 25 heteroatoms. The van der Waals surface area contributed by atoms with Gasteiger partial charge in [-0.25, -0.2) is 0 Å². The SMILES string of the molecule is C=C(C)C.CC(C)=Cc1cc(C)c(N)c(C)c1.CC(C)CO.CCC.Cc1cc(CC(C)C)cc(C)c1N.Cc1cc(CC(C)C)cc2cn[nH]c12.Cc1cc(C[C@H](C)N)cc2cn[nH]c12.Cc1cc(I)cc(C)c1N.Cc1cccc(C)c1N.Cl.O=C=O.O=C=O.O=C=O.O=C=O.O=C=O.O=C=O.[B]. The number of halogens is 2. The van der Waals surface area contributed by atoms with Crippen LogP contribution in [0.2, 0.25) is 0 Å². The smallest absolute Gasteiger partial charge is 0.373 e. The quantitative estimate of drug-likeness (QED) is 0.0303. The van der Waals surface area contributed by atoms with Crippen molar-refractivity contribution in [2.24, 2.45) is 23.5 Å². The van der Waals surface area contributed by atoms with Crippen LogP contribution < -0.4 is 28.7 Å². The van der Waals surface area contributed by atoms with Crippen molar-refractivity contribution in [1.29, 1.82) is 0 Å². The molecule has 0 saturated heterocycles. The molecule has 8 aromatic rings. The Morgan fingerprint density at radius 2 is 0.705 bits per heavy atom. The van der Waals surface area contributed by atoms with Gasteiger partial charge >= 0.3 is 36.9 Å². The number of aromatic nitrogens is 4. The number of nitrogens with two attached hydrogens (primary N) is 5.